The first-order chi connectivity index (χ1) is 9.93. The van der Waals surface area contributed by atoms with Gasteiger partial charge in [-0.2, -0.15) is 0 Å². The average molecular weight is 285 g/mol. The summed E-state index contributed by atoms with van der Waals surface area (Å²) >= 11 is 0. The Balaban J connectivity index is 1.68. The summed E-state index contributed by atoms with van der Waals surface area (Å²) in [6, 6.07) is 7.94. The van der Waals surface area contributed by atoms with Crippen molar-refractivity contribution < 1.29 is 9.53 Å². The minimum absolute atomic E-state index is 0.0164. The van der Waals surface area contributed by atoms with Crippen LogP contribution in [0.5, 0.6) is 0 Å². The molecule has 21 heavy (non-hydrogen) atoms. The number of anilines is 1. The molecule has 3 fully saturated rings. The third-order valence-corrected chi connectivity index (χ3v) is 6.96. The van der Waals surface area contributed by atoms with Crippen LogP contribution in [-0.2, 0) is 9.53 Å². The van der Waals surface area contributed by atoms with Gasteiger partial charge in [-0.3, -0.25) is 4.79 Å². The molecule has 112 valence electrons. The Hall–Kier alpha value is -1.35. The zero-order valence-corrected chi connectivity index (χ0v) is 13.0. The van der Waals surface area contributed by atoms with Crippen molar-refractivity contribution in [3.05, 3.63) is 29.8 Å². The lowest BCUT2D eigenvalue weighted by molar-refractivity contribution is -0.149. The second-order valence-electron chi connectivity index (χ2n) is 7.57. The van der Waals surface area contributed by atoms with E-state index in [9.17, 15) is 4.79 Å². The van der Waals surface area contributed by atoms with E-state index >= 15 is 0 Å². The van der Waals surface area contributed by atoms with Crippen molar-refractivity contribution in [1.29, 1.82) is 0 Å². The molecule has 1 saturated heterocycles. The summed E-state index contributed by atoms with van der Waals surface area (Å²) in [5, 5.41) is 3.13. The van der Waals surface area contributed by atoms with Crippen LogP contribution in [0.1, 0.15) is 38.7 Å². The SMILES string of the molecule is Cc1ccccc1NC(=O)[C@]12CC3CCC1(C)[C@@]3(C)CO2. The predicted octanol–water partition coefficient (Wildman–Crippen LogP) is 3.53. The molecule has 1 aromatic carbocycles. The lowest BCUT2D eigenvalue weighted by Crippen LogP contribution is -2.52. The molecule has 0 radical (unpaired) electrons. The molecule has 3 heteroatoms. The van der Waals surface area contributed by atoms with Crippen molar-refractivity contribution in [3.63, 3.8) is 0 Å². The molecule has 4 rings (SSSR count). The molecule has 4 bridgehead atoms. The van der Waals surface area contributed by atoms with Gasteiger partial charge in [0.25, 0.3) is 5.91 Å². The number of hydrogen-bond acceptors (Lipinski definition) is 2. The fraction of sp³-hybridized carbons (Fsp3) is 0.611. The highest BCUT2D eigenvalue weighted by Crippen LogP contribution is 2.75. The van der Waals surface area contributed by atoms with E-state index in [2.05, 4.69) is 19.2 Å². The van der Waals surface area contributed by atoms with Crippen LogP contribution >= 0.6 is 0 Å². The Bertz CT molecular complexity index is 627. The Morgan fingerprint density at radius 3 is 2.76 bits per heavy atom. The van der Waals surface area contributed by atoms with Crippen molar-refractivity contribution in [2.45, 2.75) is 45.6 Å². The zero-order chi connectivity index (χ0) is 14.9. The van der Waals surface area contributed by atoms with E-state index in [1.54, 1.807) is 0 Å². The van der Waals surface area contributed by atoms with Crippen molar-refractivity contribution in [3.8, 4) is 0 Å². The lowest BCUT2D eigenvalue weighted by atomic mass is 9.66. The second-order valence-corrected chi connectivity index (χ2v) is 7.57. The molecule has 4 atom stereocenters. The third-order valence-electron chi connectivity index (χ3n) is 6.96. The van der Waals surface area contributed by atoms with Crippen LogP contribution in [0.15, 0.2) is 24.3 Å². The zero-order valence-electron chi connectivity index (χ0n) is 13.0. The number of para-hydroxylation sites is 1. The monoisotopic (exact) mass is 285 g/mol. The van der Waals surface area contributed by atoms with Crippen LogP contribution in [0.4, 0.5) is 5.69 Å². The van der Waals surface area contributed by atoms with E-state index in [1.165, 1.54) is 6.42 Å². The van der Waals surface area contributed by atoms with E-state index in [0.717, 1.165) is 30.7 Å². The molecule has 1 aromatic rings. The maximum atomic E-state index is 13.0. The minimum atomic E-state index is -0.618. The van der Waals surface area contributed by atoms with Gasteiger partial charge in [0, 0.05) is 16.5 Å². The van der Waals surface area contributed by atoms with Crippen molar-refractivity contribution >= 4 is 11.6 Å². The van der Waals surface area contributed by atoms with Gasteiger partial charge >= 0.3 is 0 Å². The Morgan fingerprint density at radius 1 is 1.33 bits per heavy atom. The highest BCUT2D eigenvalue weighted by Gasteiger charge is 2.78. The Morgan fingerprint density at radius 2 is 2.10 bits per heavy atom. The highest BCUT2D eigenvalue weighted by atomic mass is 16.5. The van der Waals surface area contributed by atoms with Gasteiger partial charge in [0.1, 0.15) is 0 Å². The molecular formula is C18H23NO2. The first-order valence-electron chi connectivity index (χ1n) is 7.94. The van der Waals surface area contributed by atoms with Gasteiger partial charge in [-0.15, -0.1) is 0 Å². The van der Waals surface area contributed by atoms with E-state index < -0.39 is 5.60 Å². The van der Waals surface area contributed by atoms with Gasteiger partial charge < -0.3 is 10.1 Å². The second kappa shape index (κ2) is 3.89. The first kappa shape index (κ1) is 13.3. The van der Waals surface area contributed by atoms with E-state index in [-0.39, 0.29) is 16.7 Å². The number of carbonyl (C=O) groups excluding carboxylic acids is 1. The van der Waals surface area contributed by atoms with Crippen molar-refractivity contribution in [1.82, 2.24) is 0 Å². The summed E-state index contributed by atoms with van der Waals surface area (Å²) in [6.07, 6.45) is 3.24. The smallest absolute Gasteiger partial charge is 0.257 e. The first-order valence-corrected chi connectivity index (χ1v) is 7.94. The minimum Gasteiger partial charge on any atom is -0.364 e. The van der Waals surface area contributed by atoms with Gasteiger partial charge in [0.05, 0.1) is 6.61 Å². The van der Waals surface area contributed by atoms with Crippen molar-refractivity contribution in [2.75, 3.05) is 11.9 Å². The highest BCUT2D eigenvalue weighted by molar-refractivity contribution is 5.99. The largest absolute Gasteiger partial charge is 0.364 e. The maximum Gasteiger partial charge on any atom is 0.257 e. The summed E-state index contributed by atoms with van der Waals surface area (Å²) in [5.41, 5.74) is 1.54. The molecule has 0 aromatic heterocycles. The van der Waals surface area contributed by atoms with E-state index in [4.69, 9.17) is 4.74 Å². The fourth-order valence-electron chi connectivity index (χ4n) is 5.19. The number of amides is 1. The number of hydrogen-bond donors (Lipinski definition) is 1. The Labute approximate surface area is 126 Å². The number of carbonyl (C=O) groups is 1. The van der Waals surface area contributed by atoms with Crippen LogP contribution in [-0.4, -0.2) is 18.1 Å². The Kier molecular flexibility index (Phi) is 2.47. The van der Waals surface area contributed by atoms with Crippen LogP contribution < -0.4 is 5.32 Å². The molecule has 1 N–H and O–H groups in total. The molecule has 2 saturated carbocycles. The molecule has 1 amide bonds. The number of benzene rings is 1. The molecule has 2 unspecified atom stereocenters. The molecule has 1 heterocycles. The van der Waals surface area contributed by atoms with Gasteiger partial charge in [-0.25, -0.2) is 0 Å². The number of aryl methyl sites for hydroxylation is 1. The van der Waals surface area contributed by atoms with Crippen molar-refractivity contribution in [2.24, 2.45) is 16.7 Å². The summed E-state index contributed by atoms with van der Waals surface area (Å²) in [6.45, 7) is 7.34. The van der Waals surface area contributed by atoms with E-state index in [0.29, 0.717) is 5.92 Å². The number of nitrogens with one attached hydrogen (secondary N) is 1. The van der Waals surface area contributed by atoms with Gasteiger partial charge in [0.2, 0.25) is 0 Å². The maximum absolute atomic E-state index is 13.0. The van der Waals surface area contributed by atoms with Crippen LogP contribution in [0.2, 0.25) is 0 Å². The molecular weight excluding hydrogens is 262 g/mol. The summed E-state index contributed by atoms with van der Waals surface area (Å²) in [4.78, 5) is 13.0. The van der Waals surface area contributed by atoms with Crippen LogP contribution in [0, 0.1) is 23.7 Å². The van der Waals surface area contributed by atoms with Gasteiger partial charge in [0.15, 0.2) is 5.60 Å². The topological polar surface area (TPSA) is 38.3 Å². The average Bonchev–Trinajstić information content (AvgIpc) is 2.93. The normalized spacial score (nSPS) is 43.3. The lowest BCUT2D eigenvalue weighted by Gasteiger charge is -2.40. The standard InChI is InChI=1S/C18H23NO2/c1-12-6-4-5-7-14(12)19-15(20)18-10-13-8-9-17(18,3)16(13,2)11-21-18/h4-7,13H,8-11H2,1-3H3,(H,19,20)/t13?,16-,17?,18+/m0/s1. The van der Waals surface area contributed by atoms with E-state index in [1.807, 2.05) is 31.2 Å². The summed E-state index contributed by atoms with van der Waals surface area (Å²) in [7, 11) is 0. The van der Waals surface area contributed by atoms with Crippen LogP contribution in [0.25, 0.3) is 0 Å². The predicted molar refractivity (Wildman–Crippen MR) is 82.0 cm³/mol. The fourth-order valence-corrected chi connectivity index (χ4v) is 5.19. The molecule has 2 aliphatic carbocycles. The van der Waals surface area contributed by atoms with Crippen LogP contribution in [0.3, 0.4) is 0 Å². The molecule has 3 nitrogen and oxygen atoms in total. The molecule has 0 spiro atoms. The third kappa shape index (κ3) is 1.36. The molecule has 3 aliphatic rings. The summed E-state index contributed by atoms with van der Waals surface area (Å²) < 4.78 is 6.14. The summed E-state index contributed by atoms with van der Waals surface area (Å²) in [5.74, 6) is 0.698. The molecule has 1 aliphatic heterocycles. The quantitative estimate of drug-likeness (QED) is 0.902. The number of ether oxygens (including phenoxy) is 1. The van der Waals surface area contributed by atoms with Gasteiger partial charge in [-0.05, 0) is 43.7 Å². The van der Waals surface area contributed by atoms with Gasteiger partial charge in [-0.1, -0.05) is 32.0 Å². The number of rotatable bonds is 2.